The Balaban J connectivity index is 2.22. The largest absolute Gasteiger partial charge is 0.469 e. The van der Waals surface area contributed by atoms with Crippen molar-refractivity contribution < 1.29 is 14.3 Å². The number of rotatable bonds is 4. The maximum atomic E-state index is 12.0. The van der Waals surface area contributed by atoms with E-state index >= 15 is 0 Å². The lowest BCUT2D eigenvalue weighted by molar-refractivity contribution is -0.140. The van der Waals surface area contributed by atoms with E-state index in [2.05, 4.69) is 20.7 Å². The fraction of sp³-hybridized carbons (Fsp3) is 0.231. The molecule has 0 aliphatic heterocycles. The van der Waals surface area contributed by atoms with Gasteiger partial charge in [0.25, 0.3) is 0 Å². The van der Waals surface area contributed by atoms with Gasteiger partial charge < -0.3 is 4.74 Å². The van der Waals surface area contributed by atoms with Crippen LogP contribution in [0, 0.1) is 0 Å². The number of benzene rings is 1. The maximum absolute atomic E-state index is 12.0. The van der Waals surface area contributed by atoms with Crippen LogP contribution in [0.25, 0.3) is 10.1 Å². The third kappa shape index (κ3) is 2.79. The Morgan fingerprint density at radius 1 is 1.33 bits per heavy atom. The molecule has 0 spiro atoms. The highest BCUT2D eigenvalue weighted by molar-refractivity contribution is 9.10. The van der Waals surface area contributed by atoms with Crippen LogP contribution in [0.15, 0.2) is 28.1 Å². The fourth-order valence-electron chi connectivity index (χ4n) is 1.67. The number of Topliss-reactive ketones (excluding diaryl/α,β-unsaturated/α-hetero) is 1. The van der Waals surface area contributed by atoms with Gasteiger partial charge in [0.15, 0.2) is 5.78 Å². The minimum atomic E-state index is -0.357. The van der Waals surface area contributed by atoms with Gasteiger partial charge >= 0.3 is 5.97 Å². The molecule has 1 aromatic carbocycles. The van der Waals surface area contributed by atoms with E-state index < -0.39 is 0 Å². The monoisotopic (exact) mass is 326 g/mol. The number of hydrogen-bond acceptors (Lipinski definition) is 4. The van der Waals surface area contributed by atoms with Gasteiger partial charge in [-0.2, -0.15) is 0 Å². The third-order valence-corrected chi connectivity index (χ3v) is 4.08. The average Bonchev–Trinajstić information content (AvgIpc) is 2.78. The van der Waals surface area contributed by atoms with Gasteiger partial charge in [0.1, 0.15) is 0 Å². The highest BCUT2D eigenvalue weighted by Crippen LogP contribution is 2.29. The van der Waals surface area contributed by atoms with Crippen molar-refractivity contribution in [2.75, 3.05) is 7.11 Å². The number of hydrogen-bond donors (Lipinski definition) is 0. The van der Waals surface area contributed by atoms with Crippen molar-refractivity contribution >= 4 is 49.1 Å². The Hall–Kier alpha value is -1.20. The van der Waals surface area contributed by atoms with Crippen LogP contribution in [-0.4, -0.2) is 18.9 Å². The maximum Gasteiger partial charge on any atom is 0.305 e. The van der Waals surface area contributed by atoms with Crippen LogP contribution in [-0.2, 0) is 9.53 Å². The summed E-state index contributed by atoms with van der Waals surface area (Å²) in [6, 6.07) is 5.85. The summed E-state index contributed by atoms with van der Waals surface area (Å²) in [5, 5.41) is 2.78. The molecule has 0 aliphatic carbocycles. The van der Waals surface area contributed by atoms with E-state index in [4.69, 9.17) is 0 Å². The number of methoxy groups -OCH3 is 1. The number of carbonyl (C=O) groups excluding carboxylic acids is 2. The molecule has 2 rings (SSSR count). The fourth-order valence-corrected chi connectivity index (χ4v) is 2.98. The molecule has 0 aliphatic rings. The molecule has 0 fully saturated rings. The minimum absolute atomic E-state index is 0.0234. The molecule has 0 atom stereocenters. The summed E-state index contributed by atoms with van der Waals surface area (Å²) in [7, 11) is 1.32. The van der Waals surface area contributed by atoms with Crippen molar-refractivity contribution in [3.05, 3.63) is 33.6 Å². The van der Waals surface area contributed by atoms with E-state index in [0.29, 0.717) is 5.56 Å². The first-order chi connectivity index (χ1) is 8.61. The zero-order valence-electron chi connectivity index (χ0n) is 9.73. The molecule has 0 amide bonds. The zero-order chi connectivity index (χ0) is 13.1. The number of ether oxygens (including phenoxy) is 1. The van der Waals surface area contributed by atoms with Crippen molar-refractivity contribution in [2.45, 2.75) is 12.8 Å². The summed E-state index contributed by atoms with van der Waals surface area (Å²) in [4.78, 5) is 23.1. The Kier molecular flexibility index (Phi) is 4.14. The first-order valence-corrected chi connectivity index (χ1v) is 7.06. The summed E-state index contributed by atoms with van der Waals surface area (Å²) in [5.41, 5.74) is 0.681. The Labute approximate surface area is 117 Å². The molecular weight excluding hydrogens is 316 g/mol. The summed E-state index contributed by atoms with van der Waals surface area (Å²) in [6.07, 6.45) is 0.311. The first-order valence-electron chi connectivity index (χ1n) is 5.38. The van der Waals surface area contributed by atoms with Crippen molar-refractivity contribution in [2.24, 2.45) is 0 Å². The van der Waals surface area contributed by atoms with Gasteiger partial charge in [0.05, 0.1) is 13.5 Å². The molecule has 18 heavy (non-hydrogen) atoms. The van der Waals surface area contributed by atoms with Crippen molar-refractivity contribution in [3.63, 3.8) is 0 Å². The highest BCUT2D eigenvalue weighted by atomic mass is 79.9. The van der Waals surface area contributed by atoms with E-state index in [-0.39, 0.29) is 24.6 Å². The second kappa shape index (κ2) is 5.63. The number of esters is 1. The van der Waals surface area contributed by atoms with E-state index in [1.807, 2.05) is 23.6 Å². The summed E-state index contributed by atoms with van der Waals surface area (Å²) >= 11 is 4.93. The first kappa shape index (κ1) is 13.2. The lowest BCUT2D eigenvalue weighted by atomic mass is 10.1. The predicted octanol–water partition coefficient (Wildman–Crippen LogP) is 3.80. The van der Waals surface area contributed by atoms with Gasteiger partial charge in [0, 0.05) is 31.9 Å². The van der Waals surface area contributed by atoms with Gasteiger partial charge in [-0.05, 0) is 18.2 Å². The molecule has 1 aromatic heterocycles. The molecule has 3 nitrogen and oxygen atoms in total. The van der Waals surface area contributed by atoms with Crippen molar-refractivity contribution in [1.29, 1.82) is 0 Å². The Morgan fingerprint density at radius 3 is 2.83 bits per heavy atom. The second-order valence-electron chi connectivity index (χ2n) is 3.79. The van der Waals surface area contributed by atoms with Crippen LogP contribution < -0.4 is 0 Å². The molecule has 0 bridgehead atoms. The van der Waals surface area contributed by atoms with Gasteiger partial charge in [-0.3, -0.25) is 9.59 Å². The minimum Gasteiger partial charge on any atom is -0.469 e. The third-order valence-electron chi connectivity index (χ3n) is 2.62. The number of carbonyl (C=O) groups is 2. The molecule has 0 unspecified atom stereocenters. The molecule has 0 radical (unpaired) electrons. The van der Waals surface area contributed by atoms with E-state index in [1.54, 1.807) is 0 Å². The lowest BCUT2D eigenvalue weighted by Gasteiger charge is -2.00. The molecule has 0 saturated heterocycles. The molecule has 5 heteroatoms. The standard InChI is InChI=1S/C13H11BrO3S/c1-17-13(16)5-3-11(15)10-7-18-12-4-2-8(14)6-9(10)12/h2,4,6-7H,3,5H2,1H3. The van der Waals surface area contributed by atoms with Gasteiger partial charge in [-0.15, -0.1) is 11.3 Å². The summed E-state index contributed by atoms with van der Waals surface area (Å²) in [6.45, 7) is 0. The normalized spacial score (nSPS) is 10.6. The smallest absolute Gasteiger partial charge is 0.305 e. The Bertz CT molecular complexity index is 603. The van der Waals surface area contributed by atoms with Gasteiger partial charge in [0.2, 0.25) is 0 Å². The van der Waals surface area contributed by atoms with E-state index in [0.717, 1.165) is 14.6 Å². The number of fused-ring (bicyclic) bond motifs is 1. The zero-order valence-corrected chi connectivity index (χ0v) is 12.1. The van der Waals surface area contributed by atoms with E-state index in [1.165, 1.54) is 18.4 Å². The molecule has 0 saturated carbocycles. The lowest BCUT2D eigenvalue weighted by Crippen LogP contribution is -2.05. The van der Waals surface area contributed by atoms with Crippen LogP contribution in [0.4, 0.5) is 0 Å². The van der Waals surface area contributed by atoms with Crippen LogP contribution in [0.5, 0.6) is 0 Å². The van der Waals surface area contributed by atoms with Crippen molar-refractivity contribution in [1.82, 2.24) is 0 Å². The summed E-state index contributed by atoms with van der Waals surface area (Å²) in [5.74, 6) is -0.381. The van der Waals surface area contributed by atoms with Crippen LogP contribution >= 0.6 is 27.3 Å². The van der Waals surface area contributed by atoms with Gasteiger partial charge in [-0.25, -0.2) is 0 Å². The van der Waals surface area contributed by atoms with Gasteiger partial charge in [-0.1, -0.05) is 15.9 Å². The highest BCUT2D eigenvalue weighted by Gasteiger charge is 2.14. The SMILES string of the molecule is COC(=O)CCC(=O)c1csc2ccc(Br)cc12. The van der Waals surface area contributed by atoms with Crippen LogP contribution in [0.2, 0.25) is 0 Å². The quantitative estimate of drug-likeness (QED) is 0.634. The topological polar surface area (TPSA) is 43.4 Å². The molecular formula is C13H11BrO3S. The molecule has 2 aromatic rings. The number of thiophene rings is 1. The van der Waals surface area contributed by atoms with E-state index in [9.17, 15) is 9.59 Å². The molecule has 0 N–H and O–H groups in total. The predicted molar refractivity (Wildman–Crippen MR) is 75.1 cm³/mol. The number of ketones is 1. The summed E-state index contributed by atoms with van der Waals surface area (Å²) < 4.78 is 6.54. The van der Waals surface area contributed by atoms with Crippen molar-refractivity contribution in [3.8, 4) is 0 Å². The average molecular weight is 327 g/mol. The molecule has 1 heterocycles. The second-order valence-corrected chi connectivity index (χ2v) is 5.62. The van der Waals surface area contributed by atoms with Crippen LogP contribution in [0.3, 0.4) is 0 Å². The number of halogens is 1. The Morgan fingerprint density at radius 2 is 2.11 bits per heavy atom. The molecule has 94 valence electrons. The van der Waals surface area contributed by atoms with Crippen LogP contribution in [0.1, 0.15) is 23.2 Å².